The second kappa shape index (κ2) is 9.43. The number of rotatable bonds is 3. The van der Waals surface area contributed by atoms with E-state index in [2.05, 4.69) is 153 Å². The highest BCUT2D eigenvalue weighted by molar-refractivity contribution is 7.07. The minimum atomic E-state index is -1.85. The molecule has 0 aromatic carbocycles. The molecule has 192 valence electrons. The quantitative estimate of drug-likeness (QED) is 0.197. The number of hydrogen-bond acceptors (Lipinski definition) is 0. The average Bonchev–Trinajstić information content (AvgIpc) is 2.49. The van der Waals surface area contributed by atoms with E-state index in [1.165, 1.54) is 5.20 Å². The van der Waals surface area contributed by atoms with Crippen LogP contribution < -0.4 is 0 Å². The van der Waals surface area contributed by atoms with E-state index in [-0.39, 0.29) is 20.2 Å². The standard InChI is InChI=1S/C29H60Si4/c1-26(2,3)30(13,14)22-21-24(31(15,16)27(4,5)6)23-25(32(17,18)28(7,8)9)33(19,20)29(10,11)12/h1-20H3. The maximum absolute atomic E-state index is 4.29. The van der Waals surface area contributed by atoms with Gasteiger partial charge in [0.15, 0.2) is 0 Å². The minimum Gasteiger partial charge on any atom is -0.126 e. The lowest BCUT2D eigenvalue weighted by Crippen LogP contribution is -2.53. The van der Waals surface area contributed by atoms with Gasteiger partial charge in [-0.2, -0.15) is 0 Å². The largest absolute Gasteiger partial charge is 0.138 e. The van der Waals surface area contributed by atoms with E-state index in [9.17, 15) is 0 Å². The Bertz CT molecular complexity index is 809. The zero-order valence-corrected chi connectivity index (χ0v) is 30.5. The van der Waals surface area contributed by atoms with Crippen LogP contribution in [0.1, 0.15) is 83.1 Å². The Hall–Kier alpha value is -0.0525. The Kier molecular flexibility index (Phi) is 9.42. The summed E-state index contributed by atoms with van der Waals surface area (Å²) in [7, 11) is -7.12. The average molecular weight is 521 g/mol. The first-order chi connectivity index (χ1) is 13.9. The molecule has 0 saturated carbocycles. The van der Waals surface area contributed by atoms with Gasteiger partial charge in [0.1, 0.15) is 16.1 Å². The van der Waals surface area contributed by atoms with Gasteiger partial charge in [0.05, 0.1) is 16.1 Å². The summed E-state index contributed by atoms with van der Waals surface area (Å²) >= 11 is 0. The molecule has 4 heteroatoms. The van der Waals surface area contributed by atoms with E-state index < -0.39 is 32.3 Å². The minimum absolute atomic E-state index is 0.240. The van der Waals surface area contributed by atoms with Crippen molar-refractivity contribution in [3.63, 3.8) is 0 Å². The predicted molar refractivity (Wildman–Crippen MR) is 167 cm³/mol. The summed E-state index contributed by atoms with van der Waals surface area (Å²) in [5, 5.41) is 2.46. The molecule has 0 aliphatic carbocycles. The van der Waals surface area contributed by atoms with E-state index in [0.29, 0.717) is 0 Å². The van der Waals surface area contributed by atoms with Crippen LogP contribution in [0.15, 0.2) is 15.7 Å². The Balaban J connectivity index is 7.96. The van der Waals surface area contributed by atoms with Gasteiger partial charge in [-0.3, -0.25) is 0 Å². The van der Waals surface area contributed by atoms with E-state index in [0.717, 1.165) is 0 Å². The molecule has 0 aromatic rings. The monoisotopic (exact) mass is 520 g/mol. The molecular formula is C29H60Si4. The summed E-state index contributed by atoms with van der Waals surface area (Å²) in [4.78, 5) is 1.71. The van der Waals surface area contributed by atoms with Crippen LogP contribution >= 0.6 is 0 Å². The van der Waals surface area contributed by atoms with Gasteiger partial charge in [0.25, 0.3) is 0 Å². The Labute approximate surface area is 214 Å². The van der Waals surface area contributed by atoms with Crippen molar-refractivity contribution in [2.24, 2.45) is 0 Å². The van der Waals surface area contributed by atoms with Crippen LogP contribution in [-0.2, 0) is 0 Å². The van der Waals surface area contributed by atoms with Crippen LogP contribution in [0.4, 0.5) is 0 Å². The van der Waals surface area contributed by atoms with Gasteiger partial charge in [-0.05, 0) is 25.0 Å². The smallest absolute Gasteiger partial charge is 0.126 e. The van der Waals surface area contributed by atoms with Crippen LogP contribution in [0.25, 0.3) is 0 Å². The van der Waals surface area contributed by atoms with Gasteiger partial charge < -0.3 is 0 Å². The summed E-state index contributed by atoms with van der Waals surface area (Å²) in [6.45, 7) is 49.5. The lowest BCUT2D eigenvalue weighted by atomic mass is 10.2. The first-order valence-corrected chi connectivity index (χ1v) is 25.0. The van der Waals surface area contributed by atoms with Gasteiger partial charge in [0.2, 0.25) is 0 Å². The molecule has 0 fully saturated rings. The molecule has 0 atom stereocenters. The zero-order chi connectivity index (χ0) is 27.3. The molecule has 0 heterocycles. The molecule has 0 radical (unpaired) electrons. The normalized spacial score (nSPS) is 14.9. The highest BCUT2D eigenvalue weighted by Gasteiger charge is 2.50. The lowest BCUT2D eigenvalue weighted by Gasteiger charge is -2.49. The SMILES string of the molecule is CC(C)(C)[Si](C)(C)C#CC(=C=C([Si](C)(C)C(C)(C)C)[Si](C)(C)C(C)(C)C)[Si](C)(C)C(C)(C)C. The maximum Gasteiger partial charge on any atom is 0.138 e. The van der Waals surface area contributed by atoms with Gasteiger partial charge in [-0.25, -0.2) is 0 Å². The molecule has 0 aliphatic heterocycles. The molecule has 0 aliphatic rings. The third-order valence-corrected chi connectivity index (χ3v) is 33.9. The zero-order valence-electron chi connectivity index (χ0n) is 26.5. The first kappa shape index (κ1) is 32.9. The maximum atomic E-state index is 4.29. The molecule has 0 nitrogen and oxygen atoms in total. The van der Waals surface area contributed by atoms with E-state index >= 15 is 0 Å². The molecule has 0 saturated heterocycles. The van der Waals surface area contributed by atoms with Crippen molar-refractivity contribution in [2.75, 3.05) is 0 Å². The Morgan fingerprint density at radius 1 is 0.455 bits per heavy atom. The fourth-order valence-electron chi connectivity index (χ4n) is 3.09. The summed E-state index contributed by atoms with van der Waals surface area (Å²) in [6, 6.07) is 0. The molecule has 0 bridgehead atoms. The highest BCUT2D eigenvalue weighted by Crippen LogP contribution is 2.50. The van der Waals surface area contributed by atoms with Crippen molar-refractivity contribution in [3.8, 4) is 11.5 Å². The molecule has 0 aromatic heterocycles. The van der Waals surface area contributed by atoms with Crippen LogP contribution in [0.3, 0.4) is 0 Å². The third-order valence-electron chi connectivity index (χ3n) is 10.1. The van der Waals surface area contributed by atoms with E-state index in [4.69, 9.17) is 0 Å². The topological polar surface area (TPSA) is 0 Å². The molecule has 0 spiro atoms. The van der Waals surface area contributed by atoms with Crippen LogP contribution in [-0.4, -0.2) is 32.3 Å². The fourth-order valence-corrected chi connectivity index (χ4v) is 16.7. The number of allylic oxidation sites excluding steroid dienone is 1. The van der Waals surface area contributed by atoms with Crippen molar-refractivity contribution >= 4 is 32.3 Å². The third kappa shape index (κ3) is 7.01. The second-order valence-electron chi connectivity index (χ2n) is 16.6. The fraction of sp³-hybridized carbons (Fsp3) is 0.828. The Morgan fingerprint density at radius 2 is 0.758 bits per heavy atom. The summed E-state index contributed by atoms with van der Waals surface area (Å²) in [5.74, 6) is 3.89. The molecule has 33 heavy (non-hydrogen) atoms. The summed E-state index contributed by atoms with van der Waals surface area (Å²) in [6.07, 6.45) is 0. The van der Waals surface area contributed by atoms with E-state index in [1.807, 2.05) is 0 Å². The van der Waals surface area contributed by atoms with Gasteiger partial charge >= 0.3 is 0 Å². The van der Waals surface area contributed by atoms with Crippen LogP contribution in [0.2, 0.25) is 72.5 Å². The summed E-state index contributed by atoms with van der Waals surface area (Å²) in [5.41, 5.74) is 8.19. The summed E-state index contributed by atoms with van der Waals surface area (Å²) < 4.78 is 0. The highest BCUT2D eigenvalue weighted by atomic mass is 28.4. The first-order valence-electron chi connectivity index (χ1n) is 13.0. The van der Waals surface area contributed by atoms with E-state index in [1.54, 1.807) is 4.82 Å². The molecule has 0 N–H and O–H groups in total. The van der Waals surface area contributed by atoms with Gasteiger partial charge in [-0.15, -0.1) is 11.3 Å². The van der Waals surface area contributed by atoms with Crippen molar-refractivity contribution < 1.29 is 0 Å². The van der Waals surface area contributed by atoms with Gasteiger partial charge in [-0.1, -0.05) is 141 Å². The van der Waals surface area contributed by atoms with Crippen molar-refractivity contribution in [3.05, 3.63) is 15.7 Å². The lowest BCUT2D eigenvalue weighted by molar-refractivity contribution is 0.713. The second-order valence-corrected chi connectivity index (χ2v) is 37.9. The molecule has 0 rings (SSSR count). The van der Waals surface area contributed by atoms with Crippen molar-refractivity contribution in [1.82, 2.24) is 0 Å². The number of hydrogen-bond donors (Lipinski definition) is 0. The Morgan fingerprint density at radius 3 is 1.00 bits per heavy atom. The van der Waals surface area contributed by atoms with Crippen LogP contribution in [0, 0.1) is 11.5 Å². The molecular weight excluding hydrogens is 461 g/mol. The molecule has 0 amide bonds. The van der Waals surface area contributed by atoms with Crippen LogP contribution in [0.5, 0.6) is 0 Å². The predicted octanol–water partition coefficient (Wildman–Crippen LogP) is 10.6. The van der Waals surface area contributed by atoms with Crippen molar-refractivity contribution in [1.29, 1.82) is 0 Å². The van der Waals surface area contributed by atoms with Crippen molar-refractivity contribution in [2.45, 2.75) is 156 Å². The molecule has 0 unspecified atom stereocenters. The van der Waals surface area contributed by atoms with Gasteiger partial charge in [0, 0.05) is 5.20 Å².